The second-order valence-corrected chi connectivity index (χ2v) is 5.76. The first kappa shape index (κ1) is 19.3. The van der Waals surface area contributed by atoms with Crippen molar-refractivity contribution in [1.82, 2.24) is 5.32 Å². The normalized spacial score (nSPS) is 10.2. The maximum absolute atomic E-state index is 12.3. The van der Waals surface area contributed by atoms with Gasteiger partial charge in [-0.1, -0.05) is 25.1 Å². The molecule has 0 aliphatic heterocycles. The van der Waals surface area contributed by atoms with Crippen LogP contribution >= 0.6 is 0 Å². The molecule has 0 bridgehead atoms. The highest BCUT2D eigenvalue weighted by Crippen LogP contribution is 2.27. The van der Waals surface area contributed by atoms with Gasteiger partial charge >= 0.3 is 0 Å². The quantitative estimate of drug-likeness (QED) is 0.800. The van der Waals surface area contributed by atoms with Crippen molar-refractivity contribution in [2.75, 3.05) is 26.1 Å². The number of aryl methyl sites for hydroxylation is 2. The number of methoxy groups -OCH3 is 2. The van der Waals surface area contributed by atoms with E-state index < -0.39 is 0 Å². The molecule has 2 amide bonds. The molecular formula is C20H24N2O4. The van der Waals surface area contributed by atoms with E-state index in [1.165, 1.54) is 14.2 Å². The minimum atomic E-state index is -0.360. The van der Waals surface area contributed by atoms with E-state index in [2.05, 4.69) is 10.6 Å². The van der Waals surface area contributed by atoms with Crippen LogP contribution in [0.5, 0.6) is 11.5 Å². The Kier molecular flexibility index (Phi) is 6.60. The maximum Gasteiger partial charge on any atom is 0.251 e. The molecule has 138 valence electrons. The van der Waals surface area contributed by atoms with Crippen molar-refractivity contribution in [3.05, 3.63) is 53.1 Å². The zero-order valence-corrected chi connectivity index (χ0v) is 15.5. The van der Waals surface area contributed by atoms with Crippen molar-refractivity contribution >= 4 is 17.5 Å². The summed E-state index contributed by atoms with van der Waals surface area (Å²) in [7, 11) is 3.03. The Hall–Kier alpha value is -3.02. The zero-order valence-electron chi connectivity index (χ0n) is 15.5. The van der Waals surface area contributed by atoms with Gasteiger partial charge in [0.15, 0.2) is 11.5 Å². The number of nitrogens with one attached hydrogen (secondary N) is 2. The largest absolute Gasteiger partial charge is 0.493 e. The van der Waals surface area contributed by atoms with Crippen molar-refractivity contribution in [2.24, 2.45) is 0 Å². The molecule has 0 heterocycles. The Morgan fingerprint density at radius 1 is 1.04 bits per heavy atom. The highest BCUT2D eigenvalue weighted by Gasteiger charge is 2.13. The van der Waals surface area contributed by atoms with Crippen molar-refractivity contribution < 1.29 is 19.1 Å². The zero-order chi connectivity index (χ0) is 19.1. The van der Waals surface area contributed by atoms with Crippen molar-refractivity contribution in [3.8, 4) is 11.5 Å². The Morgan fingerprint density at radius 2 is 1.77 bits per heavy atom. The van der Waals surface area contributed by atoms with Gasteiger partial charge in [-0.2, -0.15) is 0 Å². The summed E-state index contributed by atoms with van der Waals surface area (Å²) < 4.78 is 10.3. The summed E-state index contributed by atoms with van der Waals surface area (Å²) in [6.07, 6.45) is 0.815. The molecule has 0 saturated heterocycles. The molecule has 0 saturated carbocycles. The van der Waals surface area contributed by atoms with Crippen molar-refractivity contribution in [1.29, 1.82) is 0 Å². The highest BCUT2D eigenvalue weighted by molar-refractivity contribution is 6.00. The summed E-state index contributed by atoms with van der Waals surface area (Å²) in [5, 5.41) is 5.50. The van der Waals surface area contributed by atoms with Crippen LogP contribution in [0.2, 0.25) is 0 Å². The topological polar surface area (TPSA) is 76.7 Å². The first-order valence-corrected chi connectivity index (χ1v) is 8.38. The third-order valence-electron chi connectivity index (χ3n) is 4.06. The van der Waals surface area contributed by atoms with Crippen LogP contribution in [-0.2, 0) is 11.2 Å². The van der Waals surface area contributed by atoms with E-state index >= 15 is 0 Å². The molecule has 26 heavy (non-hydrogen) atoms. The molecule has 0 aliphatic rings. The lowest BCUT2D eigenvalue weighted by molar-refractivity contribution is -0.115. The second kappa shape index (κ2) is 8.89. The number of carbonyl (C=O) groups excluding carboxylic acids is 2. The summed E-state index contributed by atoms with van der Waals surface area (Å²) in [6.45, 7) is 3.85. The standard InChI is InChI=1S/C20H24N2O4/c1-5-14-8-6-7-13(2)19(14)22-18(23)12-21-20(24)15-9-10-16(25-3)17(11-15)26-4/h6-11H,5,12H2,1-4H3,(H,21,24)(H,22,23). The van der Waals surface area contributed by atoms with Gasteiger partial charge in [0.05, 0.1) is 20.8 Å². The number of amides is 2. The van der Waals surface area contributed by atoms with Crippen LogP contribution in [-0.4, -0.2) is 32.6 Å². The van der Waals surface area contributed by atoms with Gasteiger partial charge in [-0.3, -0.25) is 9.59 Å². The third kappa shape index (κ3) is 4.53. The lowest BCUT2D eigenvalue weighted by atomic mass is 10.1. The number of rotatable bonds is 7. The Bertz CT molecular complexity index is 802. The number of hydrogen-bond acceptors (Lipinski definition) is 4. The summed E-state index contributed by atoms with van der Waals surface area (Å²) in [6, 6.07) is 10.7. The van der Waals surface area contributed by atoms with E-state index in [1.807, 2.05) is 32.0 Å². The van der Waals surface area contributed by atoms with Crippen LogP contribution in [0.25, 0.3) is 0 Å². The fourth-order valence-electron chi connectivity index (χ4n) is 2.63. The smallest absolute Gasteiger partial charge is 0.251 e. The van der Waals surface area contributed by atoms with Crippen LogP contribution in [0.15, 0.2) is 36.4 Å². The summed E-state index contributed by atoms with van der Waals surface area (Å²) in [5.74, 6) is 0.356. The predicted molar refractivity (Wildman–Crippen MR) is 101 cm³/mol. The van der Waals surface area contributed by atoms with Gasteiger partial charge in [-0.25, -0.2) is 0 Å². The molecule has 2 aromatic rings. The summed E-state index contributed by atoms with van der Waals surface area (Å²) >= 11 is 0. The van der Waals surface area contributed by atoms with Crippen LogP contribution in [0, 0.1) is 6.92 Å². The number of benzene rings is 2. The Labute approximate surface area is 153 Å². The molecule has 2 aromatic carbocycles. The maximum atomic E-state index is 12.3. The van der Waals surface area contributed by atoms with Gasteiger partial charge in [0, 0.05) is 11.3 Å². The molecule has 2 rings (SSSR count). The van der Waals surface area contributed by atoms with E-state index in [4.69, 9.17) is 9.47 Å². The van der Waals surface area contributed by atoms with Crippen LogP contribution in [0.1, 0.15) is 28.4 Å². The average Bonchev–Trinajstić information content (AvgIpc) is 2.66. The minimum Gasteiger partial charge on any atom is -0.493 e. The highest BCUT2D eigenvalue weighted by atomic mass is 16.5. The fraction of sp³-hybridized carbons (Fsp3) is 0.300. The molecule has 0 radical (unpaired) electrons. The van der Waals surface area contributed by atoms with Gasteiger partial charge in [0.1, 0.15) is 0 Å². The molecule has 0 atom stereocenters. The second-order valence-electron chi connectivity index (χ2n) is 5.76. The van der Waals surface area contributed by atoms with Gasteiger partial charge in [0.2, 0.25) is 5.91 Å². The third-order valence-corrected chi connectivity index (χ3v) is 4.06. The van der Waals surface area contributed by atoms with Crippen LogP contribution in [0.4, 0.5) is 5.69 Å². The monoisotopic (exact) mass is 356 g/mol. The van der Waals surface area contributed by atoms with Crippen molar-refractivity contribution in [2.45, 2.75) is 20.3 Å². The number of hydrogen-bond donors (Lipinski definition) is 2. The van der Waals surface area contributed by atoms with Gasteiger partial charge in [-0.15, -0.1) is 0 Å². The fourth-order valence-corrected chi connectivity index (χ4v) is 2.63. The predicted octanol–water partition coefficient (Wildman–Crippen LogP) is 2.94. The Morgan fingerprint density at radius 3 is 2.42 bits per heavy atom. The first-order chi connectivity index (χ1) is 12.5. The lowest BCUT2D eigenvalue weighted by Crippen LogP contribution is -2.33. The number of anilines is 1. The number of para-hydroxylation sites is 1. The van der Waals surface area contributed by atoms with Gasteiger partial charge < -0.3 is 20.1 Å². The molecule has 0 fully saturated rings. The van der Waals surface area contributed by atoms with Gasteiger partial charge in [-0.05, 0) is 42.7 Å². The molecule has 0 aromatic heterocycles. The van der Waals surface area contributed by atoms with Gasteiger partial charge in [0.25, 0.3) is 5.91 Å². The molecule has 0 spiro atoms. The number of carbonyl (C=O) groups is 2. The lowest BCUT2D eigenvalue weighted by Gasteiger charge is -2.13. The summed E-state index contributed by atoms with van der Waals surface area (Å²) in [5.41, 5.74) is 3.24. The van der Waals surface area contributed by atoms with E-state index in [-0.39, 0.29) is 18.4 Å². The minimum absolute atomic E-state index is 0.120. The van der Waals surface area contributed by atoms with Crippen LogP contribution in [0.3, 0.4) is 0 Å². The average molecular weight is 356 g/mol. The summed E-state index contributed by atoms with van der Waals surface area (Å²) in [4.78, 5) is 24.5. The molecule has 0 unspecified atom stereocenters. The molecule has 0 aliphatic carbocycles. The van der Waals surface area contributed by atoms with E-state index in [1.54, 1.807) is 18.2 Å². The first-order valence-electron chi connectivity index (χ1n) is 8.38. The van der Waals surface area contributed by atoms with E-state index in [0.29, 0.717) is 17.1 Å². The van der Waals surface area contributed by atoms with Crippen molar-refractivity contribution in [3.63, 3.8) is 0 Å². The SMILES string of the molecule is CCc1cccc(C)c1NC(=O)CNC(=O)c1ccc(OC)c(OC)c1. The van der Waals surface area contributed by atoms with Crippen LogP contribution < -0.4 is 20.1 Å². The molecule has 2 N–H and O–H groups in total. The van der Waals surface area contributed by atoms with E-state index in [0.717, 1.165) is 23.2 Å². The molecule has 6 nitrogen and oxygen atoms in total. The van der Waals surface area contributed by atoms with E-state index in [9.17, 15) is 9.59 Å². The number of ether oxygens (including phenoxy) is 2. The molecule has 6 heteroatoms. The Balaban J connectivity index is 2.00. The molecular weight excluding hydrogens is 332 g/mol.